The van der Waals surface area contributed by atoms with Crippen LogP contribution in [-0.2, 0) is 11.2 Å². The maximum Gasteiger partial charge on any atom is 0.223 e. The number of aromatic amines is 1. The lowest BCUT2D eigenvalue weighted by Crippen LogP contribution is -2.39. The van der Waals surface area contributed by atoms with E-state index in [4.69, 9.17) is 4.98 Å². The molecule has 4 aromatic rings. The van der Waals surface area contributed by atoms with Crippen LogP contribution >= 0.6 is 0 Å². The predicted molar refractivity (Wildman–Crippen MR) is 131 cm³/mol. The molecule has 0 saturated heterocycles. The van der Waals surface area contributed by atoms with Crippen molar-refractivity contribution in [2.45, 2.75) is 58.9 Å². The summed E-state index contributed by atoms with van der Waals surface area (Å²) in [6, 6.07) is 6.07. The zero-order chi connectivity index (χ0) is 24.5. The number of nitrogens with zero attached hydrogens (tertiary/aromatic N) is 6. The van der Waals surface area contributed by atoms with Crippen LogP contribution in [0.25, 0.3) is 5.82 Å². The Labute approximate surface area is 204 Å². The fourth-order valence-corrected chi connectivity index (χ4v) is 4.51. The summed E-state index contributed by atoms with van der Waals surface area (Å²) in [5.74, 6) is 0.996. The lowest BCUT2D eigenvalue weighted by Gasteiger charge is -2.34. The minimum atomic E-state index is -0.219. The van der Waals surface area contributed by atoms with Gasteiger partial charge in [0.25, 0.3) is 0 Å². The van der Waals surface area contributed by atoms with Crippen molar-refractivity contribution in [1.29, 1.82) is 0 Å². The van der Waals surface area contributed by atoms with Crippen molar-refractivity contribution in [3.63, 3.8) is 0 Å². The molecule has 4 heterocycles. The van der Waals surface area contributed by atoms with Crippen LogP contribution in [0.5, 0.6) is 0 Å². The summed E-state index contributed by atoms with van der Waals surface area (Å²) >= 11 is 0. The topological polar surface area (TPSA) is 114 Å². The summed E-state index contributed by atoms with van der Waals surface area (Å²) in [6.07, 6.45) is 9.35. The lowest BCUT2D eigenvalue weighted by atomic mass is 9.72. The van der Waals surface area contributed by atoms with Crippen molar-refractivity contribution in [2.24, 2.45) is 5.92 Å². The second-order valence-electron chi connectivity index (χ2n) is 9.64. The number of hydrogen-bond acceptors (Lipinski definition) is 6. The molecule has 4 aromatic heterocycles. The maximum atomic E-state index is 12.8. The lowest BCUT2D eigenvalue weighted by molar-refractivity contribution is -0.128. The van der Waals surface area contributed by atoms with Crippen molar-refractivity contribution in [2.75, 3.05) is 0 Å². The van der Waals surface area contributed by atoms with Crippen molar-refractivity contribution in [1.82, 2.24) is 40.2 Å². The second-order valence-corrected chi connectivity index (χ2v) is 9.64. The number of hydrogen-bond donors (Lipinski definition) is 2. The van der Waals surface area contributed by atoms with Gasteiger partial charge in [-0.2, -0.15) is 10.2 Å². The van der Waals surface area contributed by atoms with Gasteiger partial charge in [-0.25, -0.2) is 9.67 Å². The monoisotopic (exact) mass is 470 g/mol. The molecule has 0 aliphatic heterocycles. The number of aromatic nitrogens is 7. The molecule has 0 bridgehead atoms. The van der Waals surface area contributed by atoms with E-state index in [1.54, 1.807) is 23.3 Å². The first-order valence-electron chi connectivity index (χ1n) is 12.0. The van der Waals surface area contributed by atoms with Crippen molar-refractivity contribution in [3.8, 4) is 5.82 Å². The minimum Gasteiger partial charge on any atom is -0.348 e. The highest BCUT2D eigenvalue weighted by Crippen LogP contribution is 2.41. The molecule has 5 rings (SSSR count). The Morgan fingerprint density at radius 2 is 1.91 bits per heavy atom. The van der Waals surface area contributed by atoms with Crippen LogP contribution in [0.15, 0.2) is 43.0 Å². The molecular weight excluding hydrogens is 440 g/mol. The van der Waals surface area contributed by atoms with Crippen LogP contribution in [0, 0.1) is 26.7 Å². The summed E-state index contributed by atoms with van der Waals surface area (Å²) in [5, 5.41) is 14.7. The first-order chi connectivity index (χ1) is 16.8. The van der Waals surface area contributed by atoms with E-state index in [-0.39, 0.29) is 17.9 Å². The molecule has 0 radical (unpaired) electrons. The number of H-pyrrole nitrogens is 1. The average molecular weight is 471 g/mol. The summed E-state index contributed by atoms with van der Waals surface area (Å²) in [4.78, 5) is 26.7. The summed E-state index contributed by atoms with van der Waals surface area (Å²) < 4.78 is 1.68. The fourth-order valence-electron chi connectivity index (χ4n) is 4.51. The van der Waals surface area contributed by atoms with E-state index in [0.717, 1.165) is 46.9 Å². The first kappa shape index (κ1) is 22.9. The standard InChI is InChI=1S/C26H30N8O/c1-15-5-21(10-22-7-17(3)32-33-22)31-23(6-15)19-8-20(9-19)26(35)30-18(4)24-12-28-25(13-27-24)34-14-16(2)11-29-34/h5-7,11-14,18-20H,8-10H2,1-4H3,(H,30,35)(H,32,33)/t18-,19?,20?/m1/s1. The molecule has 1 aliphatic carbocycles. The van der Waals surface area contributed by atoms with E-state index in [0.29, 0.717) is 18.2 Å². The molecular formula is C26H30N8O. The van der Waals surface area contributed by atoms with Crippen LogP contribution < -0.4 is 5.32 Å². The van der Waals surface area contributed by atoms with E-state index in [1.165, 1.54) is 5.56 Å². The van der Waals surface area contributed by atoms with Gasteiger partial charge in [0.2, 0.25) is 5.91 Å². The van der Waals surface area contributed by atoms with Gasteiger partial charge in [0.05, 0.1) is 36.0 Å². The molecule has 9 heteroatoms. The van der Waals surface area contributed by atoms with Crippen molar-refractivity contribution < 1.29 is 4.79 Å². The molecule has 0 unspecified atom stereocenters. The second kappa shape index (κ2) is 9.40. The Balaban J connectivity index is 1.16. The van der Waals surface area contributed by atoms with Gasteiger partial charge in [-0.3, -0.25) is 19.9 Å². The zero-order valence-corrected chi connectivity index (χ0v) is 20.5. The number of pyridine rings is 1. The van der Waals surface area contributed by atoms with E-state index >= 15 is 0 Å². The molecule has 35 heavy (non-hydrogen) atoms. The number of carbonyl (C=O) groups is 1. The maximum absolute atomic E-state index is 12.8. The number of rotatable bonds is 7. The van der Waals surface area contributed by atoms with E-state index in [1.807, 2.05) is 33.0 Å². The molecule has 2 N–H and O–H groups in total. The van der Waals surface area contributed by atoms with Crippen LogP contribution in [0.4, 0.5) is 0 Å². The number of aryl methyl sites for hydroxylation is 3. The highest BCUT2D eigenvalue weighted by atomic mass is 16.2. The Kier molecular flexibility index (Phi) is 6.15. The molecule has 0 spiro atoms. The number of nitrogens with one attached hydrogen (secondary N) is 2. The Morgan fingerprint density at radius 1 is 1.09 bits per heavy atom. The third kappa shape index (κ3) is 5.13. The molecule has 9 nitrogen and oxygen atoms in total. The van der Waals surface area contributed by atoms with Gasteiger partial charge in [-0.1, -0.05) is 0 Å². The van der Waals surface area contributed by atoms with E-state index in [2.05, 4.69) is 49.6 Å². The Bertz CT molecular complexity index is 1330. The zero-order valence-electron chi connectivity index (χ0n) is 20.5. The number of carbonyl (C=O) groups excluding carboxylic acids is 1. The van der Waals surface area contributed by atoms with Crippen molar-refractivity contribution in [3.05, 3.63) is 82.6 Å². The van der Waals surface area contributed by atoms with Gasteiger partial charge in [-0.05, 0) is 69.9 Å². The molecule has 1 saturated carbocycles. The van der Waals surface area contributed by atoms with Gasteiger partial charge in [0.15, 0.2) is 5.82 Å². The third-order valence-corrected chi connectivity index (χ3v) is 6.50. The molecule has 1 aliphatic rings. The molecule has 1 amide bonds. The van der Waals surface area contributed by atoms with E-state index in [9.17, 15) is 4.79 Å². The molecule has 0 aromatic carbocycles. The first-order valence-corrected chi connectivity index (χ1v) is 12.0. The van der Waals surface area contributed by atoms with Crippen LogP contribution in [0.1, 0.15) is 71.3 Å². The molecule has 1 atom stereocenters. The SMILES string of the molecule is Cc1cc(Cc2cc(C)[nH]n2)nc(C2CC(C(=O)N[C@H](C)c3cnc(-n4cc(C)cn4)cn3)C2)c1. The van der Waals surface area contributed by atoms with Gasteiger partial charge < -0.3 is 5.32 Å². The van der Waals surface area contributed by atoms with Gasteiger partial charge in [0, 0.05) is 41.5 Å². The molecule has 1 fully saturated rings. The average Bonchev–Trinajstić information content (AvgIpc) is 3.40. The highest BCUT2D eigenvalue weighted by Gasteiger charge is 2.37. The third-order valence-electron chi connectivity index (χ3n) is 6.50. The number of amides is 1. The minimum absolute atomic E-state index is 0.0125. The van der Waals surface area contributed by atoms with Crippen LogP contribution in [-0.4, -0.2) is 40.8 Å². The quantitative estimate of drug-likeness (QED) is 0.426. The van der Waals surface area contributed by atoms with Crippen LogP contribution in [0.3, 0.4) is 0 Å². The smallest absolute Gasteiger partial charge is 0.223 e. The van der Waals surface area contributed by atoms with Gasteiger partial charge in [0.1, 0.15) is 0 Å². The van der Waals surface area contributed by atoms with Gasteiger partial charge >= 0.3 is 0 Å². The Hall–Kier alpha value is -3.88. The van der Waals surface area contributed by atoms with E-state index < -0.39 is 0 Å². The summed E-state index contributed by atoms with van der Waals surface area (Å²) in [7, 11) is 0. The van der Waals surface area contributed by atoms with Crippen molar-refractivity contribution >= 4 is 5.91 Å². The molecule has 180 valence electrons. The summed E-state index contributed by atoms with van der Waals surface area (Å²) in [6.45, 7) is 8.00. The Morgan fingerprint density at radius 3 is 2.57 bits per heavy atom. The summed E-state index contributed by atoms with van der Waals surface area (Å²) in [5.41, 5.74) is 7.08. The predicted octanol–water partition coefficient (Wildman–Crippen LogP) is 3.67. The largest absolute Gasteiger partial charge is 0.348 e. The normalized spacial score (nSPS) is 18.2. The fraction of sp³-hybridized carbons (Fsp3) is 0.385. The van der Waals surface area contributed by atoms with Gasteiger partial charge in [-0.15, -0.1) is 0 Å². The highest BCUT2D eigenvalue weighted by molar-refractivity contribution is 5.80. The van der Waals surface area contributed by atoms with Crippen LogP contribution in [0.2, 0.25) is 0 Å².